The van der Waals surface area contributed by atoms with E-state index in [9.17, 15) is 0 Å². The van der Waals surface area contributed by atoms with Gasteiger partial charge in [0.05, 0.1) is 0 Å². The minimum atomic E-state index is 0.390. The van der Waals surface area contributed by atoms with Crippen LogP contribution in [0.25, 0.3) is 0 Å². The van der Waals surface area contributed by atoms with Crippen molar-refractivity contribution in [3.8, 4) is 0 Å². The average Bonchev–Trinajstić information content (AvgIpc) is 2.37. The van der Waals surface area contributed by atoms with Gasteiger partial charge in [0.25, 0.3) is 0 Å². The maximum absolute atomic E-state index is 5.47. The predicted octanol–water partition coefficient (Wildman–Crippen LogP) is 1.39. The van der Waals surface area contributed by atoms with Gasteiger partial charge >= 0.3 is 0 Å². The van der Waals surface area contributed by atoms with Crippen LogP contribution in [0.4, 0.5) is 11.6 Å². The van der Waals surface area contributed by atoms with Crippen LogP contribution in [0.3, 0.4) is 0 Å². The zero-order valence-electron chi connectivity index (χ0n) is 11.9. The second-order valence-electron chi connectivity index (χ2n) is 5.46. The molecular weight excluding hydrogens is 242 g/mol. The van der Waals surface area contributed by atoms with Gasteiger partial charge < -0.3 is 15.1 Å². The Morgan fingerprint density at radius 3 is 2.63 bits per heavy atom. The van der Waals surface area contributed by atoms with Crippen LogP contribution in [-0.2, 0) is 11.3 Å². The molecule has 1 aliphatic heterocycles. The standard InChI is InChI=1S/C13H23N5O/c1-9-4-10(2)7-18(6-9)13-5-11(17-14)15-12(16-13)8-19-3/h5,9-10H,4,6-8,14H2,1-3H3,(H,15,16,17). The number of hydrogen-bond donors (Lipinski definition) is 2. The van der Waals surface area contributed by atoms with E-state index >= 15 is 0 Å². The number of methoxy groups -OCH3 is 1. The predicted molar refractivity (Wildman–Crippen MR) is 75.7 cm³/mol. The Kier molecular flexibility index (Phi) is 4.55. The van der Waals surface area contributed by atoms with Crippen LogP contribution in [0.2, 0.25) is 0 Å². The van der Waals surface area contributed by atoms with E-state index in [1.807, 2.05) is 6.07 Å². The van der Waals surface area contributed by atoms with E-state index in [4.69, 9.17) is 10.6 Å². The SMILES string of the molecule is COCc1nc(NN)cc(N2CC(C)CC(C)C2)n1. The van der Waals surface area contributed by atoms with E-state index in [0.29, 0.717) is 30.1 Å². The number of hydrogen-bond acceptors (Lipinski definition) is 6. The number of anilines is 2. The fourth-order valence-corrected chi connectivity index (χ4v) is 2.76. The van der Waals surface area contributed by atoms with Crippen LogP contribution in [0.5, 0.6) is 0 Å². The number of aromatic nitrogens is 2. The highest BCUT2D eigenvalue weighted by Gasteiger charge is 2.23. The highest BCUT2D eigenvalue weighted by Crippen LogP contribution is 2.26. The van der Waals surface area contributed by atoms with Crippen molar-refractivity contribution >= 4 is 11.6 Å². The summed E-state index contributed by atoms with van der Waals surface area (Å²) in [6.07, 6.45) is 1.27. The lowest BCUT2D eigenvalue weighted by molar-refractivity contribution is 0.178. The maximum Gasteiger partial charge on any atom is 0.158 e. The molecule has 1 saturated heterocycles. The molecule has 0 aliphatic carbocycles. The number of nitrogens with two attached hydrogens (primary N) is 1. The van der Waals surface area contributed by atoms with Crippen molar-refractivity contribution in [1.82, 2.24) is 9.97 Å². The molecule has 0 amide bonds. The molecule has 2 heterocycles. The van der Waals surface area contributed by atoms with Crippen molar-refractivity contribution in [3.63, 3.8) is 0 Å². The van der Waals surface area contributed by atoms with Crippen molar-refractivity contribution in [2.75, 3.05) is 30.5 Å². The first kappa shape index (κ1) is 14.0. The molecule has 2 rings (SSSR count). The molecule has 2 atom stereocenters. The van der Waals surface area contributed by atoms with Gasteiger partial charge in [-0.25, -0.2) is 15.8 Å². The minimum absolute atomic E-state index is 0.390. The molecule has 0 bridgehead atoms. The van der Waals surface area contributed by atoms with Gasteiger partial charge in [0.2, 0.25) is 0 Å². The van der Waals surface area contributed by atoms with Gasteiger partial charge in [-0.2, -0.15) is 0 Å². The number of nitrogens with one attached hydrogen (secondary N) is 1. The van der Waals surface area contributed by atoms with Crippen molar-refractivity contribution in [2.24, 2.45) is 17.7 Å². The van der Waals surface area contributed by atoms with Crippen LogP contribution in [-0.4, -0.2) is 30.2 Å². The van der Waals surface area contributed by atoms with E-state index in [1.165, 1.54) is 6.42 Å². The third-order valence-electron chi connectivity index (χ3n) is 3.37. The first-order valence-electron chi connectivity index (χ1n) is 6.70. The Labute approximate surface area is 114 Å². The summed E-state index contributed by atoms with van der Waals surface area (Å²) in [5.41, 5.74) is 2.59. The number of rotatable bonds is 4. The minimum Gasteiger partial charge on any atom is -0.377 e. The van der Waals surface area contributed by atoms with Crippen LogP contribution in [0, 0.1) is 11.8 Å². The van der Waals surface area contributed by atoms with Crippen LogP contribution < -0.4 is 16.2 Å². The second-order valence-corrected chi connectivity index (χ2v) is 5.46. The van der Waals surface area contributed by atoms with E-state index < -0.39 is 0 Å². The second kappa shape index (κ2) is 6.16. The summed E-state index contributed by atoms with van der Waals surface area (Å²) in [6, 6.07) is 1.89. The fourth-order valence-electron chi connectivity index (χ4n) is 2.76. The number of ether oxygens (including phenoxy) is 1. The third kappa shape index (κ3) is 3.54. The first-order valence-corrected chi connectivity index (χ1v) is 6.70. The summed E-state index contributed by atoms with van der Waals surface area (Å²) in [5, 5.41) is 0. The summed E-state index contributed by atoms with van der Waals surface area (Å²) in [6.45, 7) is 7.00. The van der Waals surface area contributed by atoms with Gasteiger partial charge in [-0.05, 0) is 18.3 Å². The zero-order chi connectivity index (χ0) is 13.8. The van der Waals surface area contributed by atoms with Gasteiger partial charge in [0.15, 0.2) is 5.82 Å². The van der Waals surface area contributed by atoms with Gasteiger partial charge in [-0.15, -0.1) is 0 Å². The molecule has 1 aliphatic rings. The normalized spacial score (nSPS) is 23.5. The van der Waals surface area contributed by atoms with Gasteiger partial charge in [-0.1, -0.05) is 13.8 Å². The lowest BCUT2D eigenvalue weighted by atomic mass is 9.92. The summed E-state index contributed by atoms with van der Waals surface area (Å²) in [7, 11) is 1.64. The Morgan fingerprint density at radius 2 is 2.05 bits per heavy atom. The van der Waals surface area contributed by atoms with Crippen molar-refractivity contribution in [3.05, 3.63) is 11.9 Å². The fraction of sp³-hybridized carbons (Fsp3) is 0.692. The molecule has 0 saturated carbocycles. The molecule has 3 N–H and O–H groups in total. The Bertz CT molecular complexity index is 415. The third-order valence-corrected chi connectivity index (χ3v) is 3.37. The number of hydrazine groups is 1. The Hall–Kier alpha value is -1.40. The zero-order valence-corrected chi connectivity index (χ0v) is 11.9. The number of nitrogens with zero attached hydrogens (tertiary/aromatic N) is 3. The molecule has 1 aromatic rings. The molecule has 6 heteroatoms. The highest BCUT2D eigenvalue weighted by molar-refractivity contribution is 5.49. The molecule has 19 heavy (non-hydrogen) atoms. The van der Waals surface area contributed by atoms with Crippen LogP contribution in [0.15, 0.2) is 6.07 Å². The quantitative estimate of drug-likeness (QED) is 0.633. The van der Waals surface area contributed by atoms with Crippen molar-refractivity contribution < 1.29 is 4.74 Å². The monoisotopic (exact) mass is 265 g/mol. The largest absolute Gasteiger partial charge is 0.377 e. The summed E-state index contributed by atoms with van der Waals surface area (Å²) in [5.74, 6) is 9.03. The molecular formula is C13H23N5O. The lowest BCUT2D eigenvalue weighted by Crippen LogP contribution is -2.39. The van der Waals surface area contributed by atoms with E-state index in [2.05, 4.69) is 34.1 Å². The molecule has 1 aromatic heterocycles. The summed E-state index contributed by atoms with van der Waals surface area (Å²) >= 11 is 0. The van der Waals surface area contributed by atoms with E-state index in [-0.39, 0.29) is 0 Å². The molecule has 6 nitrogen and oxygen atoms in total. The number of piperidine rings is 1. The van der Waals surface area contributed by atoms with Gasteiger partial charge in [0.1, 0.15) is 18.2 Å². The van der Waals surface area contributed by atoms with Gasteiger partial charge in [-0.3, -0.25) is 0 Å². The highest BCUT2D eigenvalue weighted by atomic mass is 16.5. The van der Waals surface area contributed by atoms with Crippen molar-refractivity contribution in [1.29, 1.82) is 0 Å². The lowest BCUT2D eigenvalue weighted by Gasteiger charge is -2.36. The summed E-state index contributed by atoms with van der Waals surface area (Å²) < 4.78 is 5.10. The first-order chi connectivity index (χ1) is 9.12. The molecule has 106 valence electrons. The topological polar surface area (TPSA) is 76.3 Å². The molecule has 0 spiro atoms. The molecule has 0 radical (unpaired) electrons. The molecule has 0 aromatic carbocycles. The Balaban J connectivity index is 2.24. The number of nitrogen functional groups attached to an aromatic ring is 1. The Morgan fingerprint density at radius 1 is 1.37 bits per heavy atom. The summed E-state index contributed by atoms with van der Waals surface area (Å²) in [4.78, 5) is 11.1. The maximum atomic E-state index is 5.47. The van der Waals surface area contributed by atoms with Crippen LogP contribution >= 0.6 is 0 Å². The van der Waals surface area contributed by atoms with Crippen molar-refractivity contribution in [2.45, 2.75) is 26.9 Å². The van der Waals surface area contributed by atoms with E-state index in [1.54, 1.807) is 7.11 Å². The van der Waals surface area contributed by atoms with Gasteiger partial charge in [0, 0.05) is 26.3 Å². The van der Waals surface area contributed by atoms with E-state index in [0.717, 1.165) is 18.9 Å². The molecule has 1 fully saturated rings. The van der Waals surface area contributed by atoms with Crippen LogP contribution in [0.1, 0.15) is 26.1 Å². The smallest absolute Gasteiger partial charge is 0.158 e. The average molecular weight is 265 g/mol. The molecule has 2 unspecified atom stereocenters.